The molecule has 0 spiro atoms. The zero-order valence-corrected chi connectivity index (χ0v) is 13.1. The summed E-state index contributed by atoms with van der Waals surface area (Å²) in [5.41, 5.74) is 4.48. The summed E-state index contributed by atoms with van der Waals surface area (Å²) < 4.78 is 28.0. The smallest absolute Gasteiger partial charge is 0.261 e. The van der Waals surface area contributed by atoms with Crippen molar-refractivity contribution in [2.75, 3.05) is 10.1 Å². The number of benzene rings is 2. The van der Waals surface area contributed by atoms with Crippen LogP contribution in [0.3, 0.4) is 0 Å². The third kappa shape index (κ3) is 3.30. The van der Waals surface area contributed by atoms with Crippen molar-refractivity contribution in [3.8, 4) is 0 Å². The van der Waals surface area contributed by atoms with Crippen molar-refractivity contribution < 1.29 is 8.42 Å². The van der Waals surface area contributed by atoms with Crippen LogP contribution in [-0.2, 0) is 10.0 Å². The molecule has 0 radical (unpaired) electrons. The molecule has 0 fully saturated rings. The van der Waals surface area contributed by atoms with Crippen LogP contribution in [0.15, 0.2) is 51.8 Å². The van der Waals surface area contributed by atoms with Gasteiger partial charge in [-0.3, -0.25) is 10.6 Å². The lowest BCUT2D eigenvalue weighted by molar-refractivity contribution is 0.601. The number of rotatable bonds is 4. The highest BCUT2D eigenvalue weighted by molar-refractivity contribution is 9.10. The maximum atomic E-state index is 12.3. The van der Waals surface area contributed by atoms with Crippen LogP contribution in [0.25, 0.3) is 0 Å². The Balaban J connectivity index is 2.30. The van der Waals surface area contributed by atoms with Crippen LogP contribution in [0.5, 0.6) is 0 Å². The number of sulfonamides is 1. The fourth-order valence-electron chi connectivity index (χ4n) is 1.68. The minimum atomic E-state index is -3.61. The molecule has 7 heteroatoms. The first-order valence-electron chi connectivity index (χ1n) is 5.78. The molecule has 0 atom stereocenters. The minimum Gasteiger partial charge on any atom is -0.324 e. The maximum Gasteiger partial charge on any atom is 0.261 e. The van der Waals surface area contributed by atoms with Gasteiger partial charge in [0.05, 0.1) is 10.6 Å². The van der Waals surface area contributed by atoms with Gasteiger partial charge in [0.15, 0.2) is 0 Å². The number of halogens is 1. The van der Waals surface area contributed by atoms with E-state index in [0.717, 1.165) is 10.0 Å². The van der Waals surface area contributed by atoms with Gasteiger partial charge in [0.1, 0.15) is 0 Å². The Labute approximate surface area is 126 Å². The molecular formula is C13H14BrN3O2S. The summed E-state index contributed by atoms with van der Waals surface area (Å²) in [6.07, 6.45) is 0. The molecule has 0 saturated heterocycles. The van der Waals surface area contributed by atoms with Crippen LogP contribution < -0.4 is 16.0 Å². The van der Waals surface area contributed by atoms with E-state index >= 15 is 0 Å². The molecule has 4 N–H and O–H groups in total. The van der Waals surface area contributed by atoms with E-state index in [1.54, 1.807) is 24.3 Å². The first-order chi connectivity index (χ1) is 9.42. The molecule has 0 aliphatic heterocycles. The average molecular weight is 356 g/mol. The summed E-state index contributed by atoms with van der Waals surface area (Å²) in [6, 6.07) is 11.5. The van der Waals surface area contributed by atoms with E-state index in [1.807, 2.05) is 13.0 Å². The summed E-state index contributed by atoms with van der Waals surface area (Å²) >= 11 is 3.34. The maximum absolute atomic E-state index is 12.3. The number of hydrazine groups is 1. The van der Waals surface area contributed by atoms with E-state index in [1.165, 1.54) is 12.1 Å². The van der Waals surface area contributed by atoms with E-state index in [9.17, 15) is 8.42 Å². The molecule has 20 heavy (non-hydrogen) atoms. The van der Waals surface area contributed by atoms with Gasteiger partial charge < -0.3 is 5.43 Å². The monoisotopic (exact) mass is 355 g/mol. The second-order valence-corrected chi connectivity index (χ2v) is 6.83. The number of nitrogen functional groups attached to an aromatic ring is 1. The second kappa shape index (κ2) is 5.82. The van der Waals surface area contributed by atoms with Crippen LogP contribution in [0.1, 0.15) is 5.56 Å². The highest BCUT2D eigenvalue weighted by Crippen LogP contribution is 2.23. The molecule has 0 saturated carbocycles. The van der Waals surface area contributed by atoms with Crippen molar-refractivity contribution in [1.29, 1.82) is 0 Å². The third-order valence-corrected chi connectivity index (χ3v) is 4.64. The standard InChI is InChI=1S/C13H14BrN3O2S/c1-9-8-10(14)2-7-13(9)17-20(18,19)12-5-3-11(16-15)4-6-12/h2-8,16-17H,15H2,1H3. The first-order valence-corrected chi connectivity index (χ1v) is 8.05. The summed E-state index contributed by atoms with van der Waals surface area (Å²) in [4.78, 5) is 0.179. The molecule has 5 nitrogen and oxygen atoms in total. The van der Waals surface area contributed by atoms with Crippen LogP contribution >= 0.6 is 15.9 Å². The molecule has 0 aromatic heterocycles. The largest absolute Gasteiger partial charge is 0.324 e. The molecule has 0 bridgehead atoms. The fourth-order valence-corrected chi connectivity index (χ4v) is 3.28. The number of anilines is 2. The first kappa shape index (κ1) is 14.8. The van der Waals surface area contributed by atoms with Gasteiger partial charge in [0.2, 0.25) is 0 Å². The van der Waals surface area contributed by atoms with Crippen LogP contribution in [0.4, 0.5) is 11.4 Å². The van der Waals surface area contributed by atoms with Crippen molar-refractivity contribution in [1.82, 2.24) is 0 Å². The van der Waals surface area contributed by atoms with E-state index < -0.39 is 10.0 Å². The summed E-state index contributed by atoms with van der Waals surface area (Å²) in [6.45, 7) is 1.84. The number of hydrogen-bond donors (Lipinski definition) is 3. The number of nitrogens with one attached hydrogen (secondary N) is 2. The molecule has 0 unspecified atom stereocenters. The van der Waals surface area contributed by atoms with Gasteiger partial charge in [0, 0.05) is 10.2 Å². The van der Waals surface area contributed by atoms with Crippen molar-refractivity contribution in [3.05, 3.63) is 52.5 Å². The molecule has 2 aromatic carbocycles. The Morgan fingerprint density at radius 1 is 1.10 bits per heavy atom. The van der Waals surface area contributed by atoms with Crippen molar-refractivity contribution in [3.63, 3.8) is 0 Å². The van der Waals surface area contributed by atoms with Gasteiger partial charge in [0.25, 0.3) is 10.0 Å². The lowest BCUT2D eigenvalue weighted by Gasteiger charge is -2.11. The minimum absolute atomic E-state index is 0.179. The second-order valence-electron chi connectivity index (χ2n) is 4.23. The van der Waals surface area contributed by atoms with Gasteiger partial charge >= 0.3 is 0 Å². The van der Waals surface area contributed by atoms with Gasteiger partial charge in [-0.15, -0.1) is 0 Å². The Morgan fingerprint density at radius 2 is 1.75 bits per heavy atom. The SMILES string of the molecule is Cc1cc(Br)ccc1NS(=O)(=O)c1ccc(NN)cc1. The Morgan fingerprint density at radius 3 is 2.30 bits per heavy atom. The van der Waals surface area contributed by atoms with Crippen molar-refractivity contribution in [2.45, 2.75) is 11.8 Å². The predicted octanol–water partition coefficient (Wildman–Crippen LogP) is 2.84. The van der Waals surface area contributed by atoms with Gasteiger partial charge in [-0.2, -0.15) is 0 Å². The molecule has 2 aromatic rings. The molecule has 0 aliphatic carbocycles. The number of aryl methyl sites for hydroxylation is 1. The van der Waals surface area contributed by atoms with Crippen molar-refractivity contribution in [2.24, 2.45) is 5.84 Å². The lowest BCUT2D eigenvalue weighted by Crippen LogP contribution is -2.14. The van der Waals surface area contributed by atoms with Crippen LogP contribution in [-0.4, -0.2) is 8.42 Å². The quantitative estimate of drug-likeness (QED) is 0.581. The van der Waals surface area contributed by atoms with Gasteiger partial charge in [-0.05, 0) is 55.0 Å². The Hall–Kier alpha value is -1.57. The van der Waals surface area contributed by atoms with E-state index in [2.05, 4.69) is 26.1 Å². The summed E-state index contributed by atoms with van der Waals surface area (Å²) in [5.74, 6) is 5.25. The van der Waals surface area contributed by atoms with E-state index in [4.69, 9.17) is 5.84 Å². The normalized spacial score (nSPS) is 11.2. The Bertz CT molecular complexity index is 715. The average Bonchev–Trinajstić information content (AvgIpc) is 2.42. The molecule has 0 aliphatic rings. The van der Waals surface area contributed by atoms with Crippen molar-refractivity contribution >= 4 is 37.3 Å². The van der Waals surface area contributed by atoms with Gasteiger partial charge in [-0.1, -0.05) is 15.9 Å². The molecule has 0 heterocycles. The molecular weight excluding hydrogens is 342 g/mol. The van der Waals surface area contributed by atoms with Crippen LogP contribution in [0.2, 0.25) is 0 Å². The molecule has 0 amide bonds. The number of nitrogens with two attached hydrogens (primary N) is 1. The highest BCUT2D eigenvalue weighted by atomic mass is 79.9. The van der Waals surface area contributed by atoms with Crippen LogP contribution in [0, 0.1) is 6.92 Å². The lowest BCUT2D eigenvalue weighted by atomic mass is 10.2. The predicted molar refractivity (Wildman–Crippen MR) is 83.9 cm³/mol. The zero-order chi connectivity index (χ0) is 14.8. The fraction of sp³-hybridized carbons (Fsp3) is 0.0769. The Kier molecular flexibility index (Phi) is 4.32. The number of hydrogen-bond acceptors (Lipinski definition) is 4. The van der Waals surface area contributed by atoms with E-state index in [-0.39, 0.29) is 4.90 Å². The molecule has 106 valence electrons. The highest BCUT2D eigenvalue weighted by Gasteiger charge is 2.15. The zero-order valence-electron chi connectivity index (χ0n) is 10.7. The topological polar surface area (TPSA) is 84.2 Å². The van der Waals surface area contributed by atoms with Gasteiger partial charge in [-0.25, -0.2) is 8.42 Å². The summed E-state index contributed by atoms with van der Waals surface area (Å²) in [5, 5.41) is 0. The summed E-state index contributed by atoms with van der Waals surface area (Å²) in [7, 11) is -3.61. The van der Waals surface area contributed by atoms with E-state index in [0.29, 0.717) is 11.4 Å². The third-order valence-electron chi connectivity index (χ3n) is 2.76. The molecule has 2 rings (SSSR count).